The number of halogens is 2. The molecule has 36 heavy (non-hydrogen) atoms. The number of benzene rings is 3. The van der Waals surface area contributed by atoms with Gasteiger partial charge in [-0.1, -0.05) is 104 Å². The number of thioether (sulfide) groups is 1. The first-order chi connectivity index (χ1) is 17.3. The van der Waals surface area contributed by atoms with Crippen molar-refractivity contribution in [2.45, 2.75) is 38.6 Å². The van der Waals surface area contributed by atoms with Gasteiger partial charge in [0.05, 0.1) is 15.8 Å². The fourth-order valence-electron chi connectivity index (χ4n) is 3.72. The van der Waals surface area contributed by atoms with Crippen LogP contribution in [0.1, 0.15) is 30.5 Å². The van der Waals surface area contributed by atoms with Crippen LogP contribution in [0.2, 0.25) is 10.0 Å². The summed E-state index contributed by atoms with van der Waals surface area (Å²) in [5.74, 6) is 1.03. The van der Waals surface area contributed by atoms with E-state index in [1.807, 2.05) is 80.6 Å². The molecule has 7 heteroatoms. The molecule has 1 atom stereocenters. The van der Waals surface area contributed by atoms with Crippen molar-refractivity contribution in [3.8, 4) is 0 Å². The summed E-state index contributed by atoms with van der Waals surface area (Å²) in [6, 6.07) is 24.5. The molecule has 0 saturated heterocycles. The van der Waals surface area contributed by atoms with Crippen molar-refractivity contribution in [2.24, 2.45) is 5.92 Å². The minimum atomic E-state index is -0.662. The van der Waals surface area contributed by atoms with Crippen LogP contribution >= 0.6 is 35.0 Å². The van der Waals surface area contributed by atoms with E-state index in [9.17, 15) is 9.59 Å². The molecule has 0 spiro atoms. The van der Waals surface area contributed by atoms with Crippen molar-refractivity contribution in [3.05, 3.63) is 106 Å². The van der Waals surface area contributed by atoms with Gasteiger partial charge in [-0.2, -0.15) is 0 Å². The van der Waals surface area contributed by atoms with Crippen molar-refractivity contribution in [3.63, 3.8) is 0 Å². The van der Waals surface area contributed by atoms with Gasteiger partial charge in [0.2, 0.25) is 11.8 Å². The Morgan fingerprint density at radius 2 is 1.50 bits per heavy atom. The van der Waals surface area contributed by atoms with E-state index in [2.05, 4.69) is 5.32 Å². The van der Waals surface area contributed by atoms with Gasteiger partial charge in [-0.25, -0.2) is 0 Å². The van der Waals surface area contributed by atoms with E-state index in [0.29, 0.717) is 28.9 Å². The van der Waals surface area contributed by atoms with Crippen molar-refractivity contribution in [1.29, 1.82) is 0 Å². The second-order valence-electron chi connectivity index (χ2n) is 9.09. The lowest BCUT2D eigenvalue weighted by atomic mass is 10.0. The molecule has 0 aliphatic carbocycles. The molecule has 190 valence electrons. The van der Waals surface area contributed by atoms with Crippen LogP contribution in [0.3, 0.4) is 0 Å². The Balaban J connectivity index is 1.86. The fraction of sp³-hybridized carbons (Fsp3) is 0.310. The standard InChI is InChI=1S/C29H32Cl2N2O2S/c1-21(2)17-32-29(35)27(16-22-9-5-3-6-10-22)33(18-24-13-14-25(30)26(31)15-24)28(34)20-36-19-23-11-7-4-8-12-23/h3-15,21,27H,16-20H2,1-2H3,(H,32,35). The second-order valence-corrected chi connectivity index (χ2v) is 10.9. The molecule has 3 aromatic carbocycles. The van der Waals surface area contributed by atoms with Crippen molar-refractivity contribution in [2.75, 3.05) is 12.3 Å². The highest BCUT2D eigenvalue weighted by Crippen LogP contribution is 2.25. The summed E-state index contributed by atoms with van der Waals surface area (Å²) in [6.07, 6.45) is 0.418. The van der Waals surface area contributed by atoms with Crippen LogP contribution in [0, 0.1) is 5.92 Å². The maximum absolute atomic E-state index is 13.6. The summed E-state index contributed by atoms with van der Waals surface area (Å²) < 4.78 is 0. The summed E-state index contributed by atoms with van der Waals surface area (Å²) >= 11 is 13.9. The first-order valence-corrected chi connectivity index (χ1v) is 13.9. The highest BCUT2D eigenvalue weighted by Gasteiger charge is 2.30. The van der Waals surface area contributed by atoms with Crippen molar-refractivity contribution >= 4 is 46.8 Å². The first-order valence-electron chi connectivity index (χ1n) is 12.0. The molecule has 3 aromatic rings. The van der Waals surface area contributed by atoms with Crippen molar-refractivity contribution < 1.29 is 9.59 Å². The van der Waals surface area contributed by atoms with Gasteiger partial charge in [0, 0.05) is 25.3 Å². The zero-order valence-electron chi connectivity index (χ0n) is 20.6. The van der Waals surface area contributed by atoms with Gasteiger partial charge in [-0.15, -0.1) is 11.8 Å². The Bertz CT molecular complexity index is 1130. The van der Waals surface area contributed by atoms with Gasteiger partial charge in [0.1, 0.15) is 6.04 Å². The number of carbonyl (C=O) groups is 2. The smallest absolute Gasteiger partial charge is 0.243 e. The molecular weight excluding hydrogens is 511 g/mol. The Morgan fingerprint density at radius 3 is 2.11 bits per heavy atom. The molecule has 0 saturated carbocycles. The maximum atomic E-state index is 13.6. The van der Waals surface area contributed by atoms with E-state index in [0.717, 1.165) is 22.4 Å². The molecule has 0 fully saturated rings. The third kappa shape index (κ3) is 8.88. The normalized spacial score (nSPS) is 11.8. The minimum absolute atomic E-state index is 0.0948. The molecular formula is C29H32Cl2N2O2S. The Kier molecular flexibility index (Phi) is 11.2. The molecule has 1 unspecified atom stereocenters. The summed E-state index contributed by atoms with van der Waals surface area (Å²) in [4.78, 5) is 28.8. The monoisotopic (exact) mass is 542 g/mol. The summed E-state index contributed by atoms with van der Waals surface area (Å²) in [5.41, 5.74) is 2.97. The van der Waals surface area contributed by atoms with Gasteiger partial charge >= 0.3 is 0 Å². The molecule has 0 aliphatic rings. The van der Waals surface area contributed by atoms with Gasteiger partial charge in [0.15, 0.2) is 0 Å². The number of amides is 2. The molecule has 0 radical (unpaired) electrons. The highest BCUT2D eigenvalue weighted by molar-refractivity contribution is 7.99. The predicted octanol–water partition coefficient (Wildman–Crippen LogP) is 6.64. The Labute approximate surface area is 228 Å². The van der Waals surface area contributed by atoms with E-state index in [-0.39, 0.29) is 24.1 Å². The molecule has 0 aliphatic heterocycles. The Hall–Kier alpha value is -2.47. The van der Waals surface area contributed by atoms with E-state index in [1.54, 1.807) is 28.8 Å². The first kappa shape index (κ1) is 28.1. The number of rotatable bonds is 12. The molecule has 2 amide bonds. The number of nitrogens with zero attached hydrogens (tertiary/aromatic N) is 1. The van der Waals surface area contributed by atoms with Gasteiger partial charge < -0.3 is 10.2 Å². The lowest BCUT2D eigenvalue weighted by Crippen LogP contribution is -2.51. The van der Waals surface area contributed by atoms with E-state index >= 15 is 0 Å². The van der Waals surface area contributed by atoms with Gasteiger partial charge in [-0.3, -0.25) is 9.59 Å². The van der Waals surface area contributed by atoms with Crippen LogP contribution in [0.15, 0.2) is 78.9 Å². The maximum Gasteiger partial charge on any atom is 0.243 e. The average molecular weight is 544 g/mol. The number of hydrogen-bond acceptors (Lipinski definition) is 3. The van der Waals surface area contributed by atoms with E-state index in [1.165, 1.54) is 0 Å². The van der Waals surface area contributed by atoms with Crippen LogP contribution in [0.25, 0.3) is 0 Å². The SMILES string of the molecule is CC(C)CNC(=O)C(Cc1ccccc1)N(Cc1ccc(Cl)c(Cl)c1)C(=O)CSCc1ccccc1. The van der Waals surface area contributed by atoms with E-state index in [4.69, 9.17) is 23.2 Å². The largest absolute Gasteiger partial charge is 0.354 e. The van der Waals surface area contributed by atoms with Crippen molar-refractivity contribution in [1.82, 2.24) is 10.2 Å². The lowest BCUT2D eigenvalue weighted by Gasteiger charge is -2.32. The van der Waals surface area contributed by atoms with Gasteiger partial charge in [0.25, 0.3) is 0 Å². The summed E-state index contributed by atoms with van der Waals surface area (Å²) in [7, 11) is 0. The summed E-state index contributed by atoms with van der Waals surface area (Å²) in [6.45, 7) is 4.90. The number of carbonyl (C=O) groups excluding carboxylic acids is 2. The quantitative estimate of drug-likeness (QED) is 0.279. The molecule has 3 rings (SSSR count). The third-order valence-electron chi connectivity index (χ3n) is 5.63. The predicted molar refractivity (Wildman–Crippen MR) is 151 cm³/mol. The third-order valence-corrected chi connectivity index (χ3v) is 7.36. The molecule has 1 N–H and O–H groups in total. The van der Waals surface area contributed by atoms with Crippen LogP contribution in [0.4, 0.5) is 0 Å². The van der Waals surface area contributed by atoms with Gasteiger partial charge in [-0.05, 0) is 34.7 Å². The Morgan fingerprint density at radius 1 is 0.861 bits per heavy atom. The molecule has 0 heterocycles. The molecule has 0 bridgehead atoms. The van der Waals surface area contributed by atoms with Crippen LogP contribution in [-0.2, 0) is 28.3 Å². The second kappa shape index (κ2) is 14.3. The zero-order chi connectivity index (χ0) is 25.9. The van der Waals surface area contributed by atoms with E-state index < -0.39 is 6.04 Å². The minimum Gasteiger partial charge on any atom is -0.354 e. The number of nitrogens with one attached hydrogen (secondary N) is 1. The van der Waals surface area contributed by atoms with Crippen LogP contribution in [0.5, 0.6) is 0 Å². The fourth-order valence-corrected chi connectivity index (χ4v) is 4.92. The zero-order valence-corrected chi connectivity index (χ0v) is 23.0. The van der Waals surface area contributed by atoms with Crippen LogP contribution in [-0.4, -0.2) is 35.1 Å². The summed E-state index contributed by atoms with van der Waals surface area (Å²) in [5, 5.41) is 3.91. The topological polar surface area (TPSA) is 49.4 Å². The lowest BCUT2D eigenvalue weighted by molar-refractivity contribution is -0.139. The highest BCUT2D eigenvalue weighted by atomic mass is 35.5. The molecule has 4 nitrogen and oxygen atoms in total. The number of hydrogen-bond donors (Lipinski definition) is 1. The van der Waals surface area contributed by atoms with Crippen LogP contribution < -0.4 is 5.32 Å². The average Bonchev–Trinajstić information content (AvgIpc) is 2.88. The molecule has 0 aromatic heterocycles.